The molecule has 7 nitrogen and oxygen atoms in total. The van der Waals surface area contributed by atoms with Gasteiger partial charge >= 0.3 is 0 Å². The fourth-order valence-corrected chi connectivity index (χ4v) is 4.00. The van der Waals surface area contributed by atoms with Crippen molar-refractivity contribution >= 4 is 35.1 Å². The molecule has 0 saturated carbocycles. The number of aryl methyl sites for hydroxylation is 1. The maximum atomic E-state index is 12.3. The molecule has 0 bridgehead atoms. The Morgan fingerprint density at radius 1 is 1.20 bits per heavy atom. The molecule has 0 radical (unpaired) electrons. The minimum atomic E-state index is -0.0721. The predicted molar refractivity (Wildman–Crippen MR) is 121 cm³/mol. The molecule has 2 aromatic rings. The Kier molecular flexibility index (Phi) is 8.07. The molecule has 8 heteroatoms. The van der Waals surface area contributed by atoms with Crippen LogP contribution in [0.1, 0.15) is 31.7 Å². The van der Waals surface area contributed by atoms with Gasteiger partial charge in [-0.3, -0.25) is 9.59 Å². The normalized spacial score (nSPS) is 16.2. The molecule has 2 amide bonds. The second kappa shape index (κ2) is 11.0. The first kappa shape index (κ1) is 22.1. The first-order valence-electron chi connectivity index (χ1n) is 10.4. The molecule has 0 aliphatic carbocycles. The van der Waals surface area contributed by atoms with Crippen LogP contribution in [0, 0.1) is 12.8 Å². The van der Waals surface area contributed by atoms with Crippen molar-refractivity contribution in [3.05, 3.63) is 42.0 Å². The van der Waals surface area contributed by atoms with Gasteiger partial charge in [0.15, 0.2) is 5.82 Å². The Bertz CT molecular complexity index is 859. The molecule has 1 saturated heterocycles. The summed E-state index contributed by atoms with van der Waals surface area (Å²) in [7, 11) is 0. The molecule has 1 aromatic heterocycles. The Hall–Kier alpha value is -2.61. The van der Waals surface area contributed by atoms with E-state index < -0.39 is 0 Å². The molecule has 3 rings (SSSR count). The first-order valence-corrected chi connectivity index (χ1v) is 11.4. The van der Waals surface area contributed by atoms with Gasteiger partial charge in [-0.05, 0) is 49.9 Å². The highest BCUT2D eigenvalue weighted by atomic mass is 32.2. The van der Waals surface area contributed by atoms with E-state index in [-0.39, 0.29) is 23.5 Å². The van der Waals surface area contributed by atoms with Gasteiger partial charge in [-0.25, -0.2) is 0 Å². The van der Waals surface area contributed by atoms with Gasteiger partial charge < -0.3 is 15.5 Å². The van der Waals surface area contributed by atoms with Crippen molar-refractivity contribution in [2.75, 3.05) is 35.6 Å². The minimum Gasteiger partial charge on any atom is -0.356 e. The molecule has 0 spiro atoms. The van der Waals surface area contributed by atoms with Crippen molar-refractivity contribution in [3.8, 4) is 0 Å². The van der Waals surface area contributed by atoms with E-state index in [9.17, 15) is 9.59 Å². The number of anilines is 2. The number of rotatable bonds is 8. The van der Waals surface area contributed by atoms with E-state index in [1.54, 1.807) is 0 Å². The van der Waals surface area contributed by atoms with E-state index in [2.05, 4.69) is 32.7 Å². The number of nitrogens with zero attached hydrogens (tertiary/aromatic N) is 3. The average molecular weight is 428 g/mol. The van der Waals surface area contributed by atoms with Crippen molar-refractivity contribution in [3.63, 3.8) is 0 Å². The SMILES string of the molecule is CCCNC(=O)C1CCCN(c2ccc(SCC(=O)Nc3ccccc3C)nn2)C1. The third kappa shape index (κ3) is 6.19. The van der Waals surface area contributed by atoms with Crippen LogP contribution in [0.5, 0.6) is 0 Å². The maximum Gasteiger partial charge on any atom is 0.234 e. The van der Waals surface area contributed by atoms with E-state index in [1.165, 1.54) is 11.8 Å². The van der Waals surface area contributed by atoms with Crippen molar-refractivity contribution in [1.82, 2.24) is 15.5 Å². The predicted octanol–water partition coefficient (Wildman–Crippen LogP) is 3.26. The zero-order valence-corrected chi connectivity index (χ0v) is 18.4. The Balaban J connectivity index is 1.50. The van der Waals surface area contributed by atoms with Crippen LogP contribution in [0.3, 0.4) is 0 Å². The summed E-state index contributed by atoms with van der Waals surface area (Å²) in [5, 5.41) is 15.2. The van der Waals surface area contributed by atoms with Crippen LogP contribution in [-0.2, 0) is 9.59 Å². The summed E-state index contributed by atoms with van der Waals surface area (Å²) >= 11 is 1.36. The lowest BCUT2D eigenvalue weighted by molar-refractivity contribution is -0.125. The number of benzene rings is 1. The highest BCUT2D eigenvalue weighted by Crippen LogP contribution is 2.23. The summed E-state index contributed by atoms with van der Waals surface area (Å²) in [6.45, 7) is 6.27. The lowest BCUT2D eigenvalue weighted by Gasteiger charge is -2.32. The van der Waals surface area contributed by atoms with E-state index in [0.717, 1.165) is 49.4 Å². The van der Waals surface area contributed by atoms with Crippen LogP contribution in [-0.4, -0.2) is 47.4 Å². The Morgan fingerprint density at radius 2 is 2.03 bits per heavy atom. The molecular weight excluding hydrogens is 398 g/mol. The molecule has 1 atom stereocenters. The molecule has 1 aromatic carbocycles. The van der Waals surface area contributed by atoms with E-state index in [1.807, 2.05) is 43.3 Å². The number of carbonyl (C=O) groups excluding carboxylic acids is 2. The van der Waals surface area contributed by atoms with Crippen LogP contribution in [0.4, 0.5) is 11.5 Å². The van der Waals surface area contributed by atoms with Crippen LogP contribution < -0.4 is 15.5 Å². The third-order valence-electron chi connectivity index (χ3n) is 5.06. The fraction of sp³-hybridized carbons (Fsp3) is 0.455. The summed E-state index contributed by atoms with van der Waals surface area (Å²) in [6, 6.07) is 11.5. The fourth-order valence-electron chi connectivity index (χ4n) is 3.39. The van der Waals surface area contributed by atoms with Crippen molar-refractivity contribution in [1.29, 1.82) is 0 Å². The summed E-state index contributed by atoms with van der Waals surface area (Å²) in [4.78, 5) is 26.6. The van der Waals surface area contributed by atoms with Gasteiger partial charge in [-0.15, -0.1) is 10.2 Å². The van der Waals surface area contributed by atoms with Gasteiger partial charge in [0.2, 0.25) is 11.8 Å². The van der Waals surface area contributed by atoms with Gasteiger partial charge in [-0.2, -0.15) is 0 Å². The largest absolute Gasteiger partial charge is 0.356 e. The van der Waals surface area contributed by atoms with Gasteiger partial charge in [0.05, 0.1) is 11.7 Å². The van der Waals surface area contributed by atoms with Crippen molar-refractivity contribution < 1.29 is 9.59 Å². The molecule has 1 fully saturated rings. The monoisotopic (exact) mass is 427 g/mol. The number of amides is 2. The number of piperidine rings is 1. The van der Waals surface area contributed by atoms with Crippen molar-refractivity contribution in [2.24, 2.45) is 5.92 Å². The second-order valence-corrected chi connectivity index (χ2v) is 8.45. The van der Waals surface area contributed by atoms with Crippen LogP contribution in [0.2, 0.25) is 0 Å². The van der Waals surface area contributed by atoms with Gasteiger partial charge in [0.25, 0.3) is 0 Å². The van der Waals surface area contributed by atoms with E-state index >= 15 is 0 Å². The lowest BCUT2D eigenvalue weighted by atomic mass is 9.97. The number of hydrogen-bond acceptors (Lipinski definition) is 6. The van der Waals surface area contributed by atoms with Gasteiger partial charge in [0.1, 0.15) is 5.03 Å². The number of para-hydroxylation sites is 1. The Labute approximate surface area is 182 Å². The Morgan fingerprint density at radius 3 is 2.77 bits per heavy atom. The maximum absolute atomic E-state index is 12.3. The zero-order valence-electron chi connectivity index (χ0n) is 17.6. The van der Waals surface area contributed by atoms with Crippen LogP contribution in [0.15, 0.2) is 41.4 Å². The molecule has 2 heterocycles. The lowest BCUT2D eigenvalue weighted by Crippen LogP contribution is -2.43. The summed E-state index contributed by atoms with van der Waals surface area (Å²) < 4.78 is 0. The van der Waals surface area contributed by atoms with Gasteiger partial charge in [-0.1, -0.05) is 36.9 Å². The summed E-state index contributed by atoms with van der Waals surface area (Å²) in [5.41, 5.74) is 1.86. The second-order valence-electron chi connectivity index (χ2n) is 7.46. The molecular formula is C22H29N5O2S. The smallest absolute Gasteiger partial charge is 0.234 e. The summed E-state index contributed by atoms with van der Waals surface area (Å²) in [6.07, 6.45) is 2.81. The topological polar surface area (TPSA) is 87.2 Å². The third-order valence-corrected chi connectivity index (χ3v) is 5.98. The standard InChI is InChI=1S/C22H29N5O2S/c1-3-12-23-22(29)17-8-6-13-27(14-17)19-10-11-21(26-25-19)30-15-20(28)24-18-9-5-4-7-16(18)2/h4-5,7,9-11,17H,3,6,8,12-15H2,1-2H3,(H,23,29)(H,24,28). The number of thioether (sulfide) groups is 1. The highest BCUT2D eigenvalue weighted by molar-refractivity contribution is 7.99. The quantitative estimate of drug-likeness (QED) is 0.629. The van der Waals surface area contributed by atoms with E-state index in [0.29, 0.717) is 11.6 Å². The first-order chi connectivity index (χ1) is 14.6. The molecule has 160 valence electrons. The van der Waals surface area contributed by atoms with Gasteiger partial charge in [0, 0.05) is 25.3 Å². The van der Waals surface area contributed by atoms with Crippen LogP contribution in [0.25, 0.3) is 0 Å². The zero-order chi connectivity index (χ0) is 21.3. The average Bonchev–Trinajstić information content (AvgIpc) is 2.78. The van der Waals surface area contributed by atoms with Crippen molar-refractivity contribution in [2.45, 2.75) is 38.1 Å². The van der Waals surface area contributed by atoms with E-state index in [4.69, 9.17) is 0 Å². The highest BCUT2D eigenvalue weighted by Gasteiger charge is 2.26. The molecule has 1 unspecified atom stereocenters. The number of aromatic nitrogens is 2. The molecule has 1 aliphatic rings. The van der Waals surface area contributed by atoms with Crippen LogP contribution >= 0.6 is 11.8 Å². The molecule has 2 N–H and O–H groups in total. The minimum absolute atomic E-state index is 0.00806. The number of nitrogens with one attached hydrogen (secondary N) is 2. The summed E-state index contributed by atoms with van der Waals surface area (Å²) in [5.74, 6) is 1.09. The molecule has 1 aliphatic heterocycles. The molecule has 30 heavy (non-hydrogen) atoms. The number of carbonyl (C=O) groups is 2. The number of hydrogen-bond donors (Lipinski definition) is 2.